The molecule has 262 valence electrons. The molecule has 0 aliphatic rings. The molecule has 0 radical (unpaired) electrons. The van der Waals surface area contributed by atoms with Crippen LogP contribution in [0.2, 0.25) is 0 Å². The highest BCUT2D eigenvalue weighted by molar-refractivity contribution is 7.26. The van der Waals surface area contributed by atoms with Crippen LogP contribution in [0.5, 0.6) is 0 Å². The van der Waals surface area contributed by atoms with Crippen molar-refractivity contribution >= 4 is 113 Å². The minimum absolute atomic E-state index is 0.872. The molecule has 0 spiro atoms. The molecule has 56 heavy (non-hydrogen) atoms. The fourth-order valence-corrected chi connectivity index (χ4v) is 11.1. The van der Waals surface area contributed by atoms with Crippen LogP contribution >= 0.6 is 22.7 Å². The van der Waals surface area contributed by atoms with Gasteiger partial charge >= 0.3 is 0 Å². The Morgan fingerprint density at radius 2 is 1.02 bits per heavy atom. The van der Waals surface area contributed by atoms with E-state index in [9.17, 15) is 0 Å². The van der Waals surface area contributed by atoms with Gasteiger partial charge in [-0.25, -0.2) is 0 Å². The van der Waals surface area contributed by atoms with Crippen LogP contribution in [-0.2, 0) is 0 Å². The fourth-order valence-electron chi connectivity index (χ4n) is 8.69. The molecule has 12 aromatic rings. The summed E-state index contributed by atoms with van der Waals surface area (Å²) in [5, 5.41) is 9.68. The maximum atomic E-state index is 7.05. The second kappa shape index (κ2) is 12.4. The zero-order valence-corrected chi connectivity index (χ0v) is 31.7. The van der Waals surface area contributed by atoms with Gasteiger partial charge in [-0.05, 0) is 64.5 Å². The van der Waals surface area contributed by atoms with Crippen LogP contribution in [0, 0.1) is 0 Å². The molecule has 9 aromatic carbocycles. The third kappa shape index (κ3) is 4.80. The lowest BCUT2D eigenvalue weighted by Crippen LogP contribution is -2.10. The first-order valence-electron chi connectivity index (χ1n) is 18.9. The molecule has 0 fully saturated rings. The number of fused-ring (bicyclic) bond motifs is 11. The second-order valence-electron chi connectivity index (χ2n) is 14.4. The summed E-state index contributed by atoms with van der Waals surface area (Å²) < 4.78 is 12.2. The summed E-state index contributed by atoms with van der Waals surface area (Å²) in [4.78, 5) is 2.44. The van der Waals surface area contributed by atoms with E-state index in [1.165, 1.54) is 62.4 Å². The Hall–Kier alpha value is -6.72. The molecule has 3 heterocycles. The van der Waals surface area contributed by atoms with E-state index in [1.54, 1.807) is 0 Å². The molecular weight excluding hydrogens is 719 g/mol. The first-order chi connectivity index (χ1) is 27.8. The minimum Gasteiger partial charge on any atom is -0.455 e. The summed E-state index contributed by atoms with van der Waals surface area (Å²) in [5.74, 6) is 0. The van der Waals surface area contributed by atoms with E-state index < -0.39 is 0 Å². The van der Waals surface area contributed by atoms with E-state index in [4.69, 9.17) is 4.42 Å². The van der Waals surface area contributed by atoms with E-state index in [0.29, 0.717) is 0 Å². The Bertz CT molecular complexity index is 3480. The van der Waals surface area contributed by atoms with Crippen molar-refractivity contribution < 1.29 is 4.42 Å². The van der Waals surface area contributed by atoms with Crippen LogP contribution in [-0.4, -0.2) is 0 Å². The van der Waals surface area contributed by atoms with Gasteiger partial charge in [0.2, 0.25) is 0 Å². The standard InChI is InChI=1S/C52H31NOS2/c1-2-12-32(13-3-1)33-24-27-35(28-25-33)53(45-21-11-20-41-39-17-7-9-23-48(39)56-52(41)45)36-30-44(42-19-10-18-40-38-16-6-8-22-47(38)55-51(40)42)49-43-29-26-34-14-4-5-15-37(34)50(43)54-46(49)31-36/h1-31H. The highest BCUT2D eigenvalue weighted by Gasteiger charge is 2.24. The number of furan rings is 1. The summed E-state index contributed by atoms with van der Waals surface area (Å²) in [6, 6.07) is 68.3. The van der Waals surface area contributed by atoms with E-state index in [0.717, 1.165) is 50.0 Å². The number of hydrogen-bond acceptors (Lipinski definition) is 4. The van der Waals surface area contributed by atoms with Crippen LogP contribution < -0.4 is 4.90 Å². The lowest BCUT2D eigenvalue weighted by Gasteiger charge is -2.27. The largest absolute Gasteiger partial charge is 0.455 e. The third-order valence-electron chi connectivity index (χ3n) is 11.3. The van der Waals surface area contributed by atoms with Gasteiger partial charge in [-0.3, -0.25) is 0 Å². The molecule has 4 heteroatoms. The molecule has 2 nitrogen and oxygen atoms in total. The fraction of sp³-hybridized carbons (Fsp3) is 0. The van der Waals surface area contributed by atoms with Crippen molar-refractivity contribution in [3.8, 4) is 22.3 Å². The molecule has 0 aliphatic heterocycles. The highest BCUT2D eigenvalue weighted by atomic mass is 32.1. The van der Waals surface area contributed by atoms with Crippen molar-refractivity contribution in [3.63, 3.8) is 0 Å². The van der Waals surface area contributed by atoms with Crippen molar-refractivity contribution in [3.05, 3.63) is 188 Å². The van der Waals surface area contributed by atoms with Crippen LogP contribution in [0.3, 0.4) is 0 Å². The van der Waals surface area contributed by atoms with Gasteiger partial charge in [-0.1, -0.05) is 140 Å². The van der Waals surface area contributed by atoms with E-state index >= 15 is 0 Å². The normalized spacial score (nSPS) is 11.9. The van der Waals surface area contributed by atoms with Gasteiger partial charge < -0.3 is 9.32 Å². The molecule has 0 unspecified atom stereocenters. The van der Waals surface area contributed by atoms with Gasteiger partial charge in [0.05, 0.1) is 16.1 Å². The number of rotatable bonds is 5. The molecule has 3 aromatic heterocycles. The molecule has 0 N–H and O–H groups in total. The highest BCUT2D eigenvalue weighted by Crippen LogP contribution is 2.50. The maximum absolute atomic E-state index is 7.05. The Kier molecular flexibility index (Phi) is 7.00. The van der Waals surface area contributed by atoms with E-state index in [2.05, 4.69) is 193 Å². The summed E-state index contributed by atoms with van der Waals surface area (Å²) in [5.41, 5.74) is 9.83. The first kappa shape index (κ1) is 31.6. The second-order valence-corrected chi connectivity index (χ2v) is 16.5. The number of thiophene rings is 2. The Morgan fingerprint density at radius 3 is 1.80 bits per heavy atom. The van der Waals surface area contributed by atoms with Gasteiger partial charge in [-0.15, -0.1) is 22.7 Å². The van der Waals surface area contributed by atoms with Gasteiger partial charge in [0, 0.05) is 69.1 Å². The quantitative estimate of drug-likeness (QED) is 0.174. The summed E-state index contributed by atoms with van der Waals surface area (Å²) in [6.07, 6.45) is 0. The van der Waals surface area contributed by atoms with E-state index in [-0.39, 0.29) is 0 Å². The van der Waals surface area contributed by atoms with Gasteiger partial charge in [0.15, 0.2) is 0 Å². The maximum Gasteiger partial charge on any atom is 0.143 e. The summed E-state index contributed by atoms with van der Waals surface area (Å²) in [7, 11) is 0. The monoisotopic (exact) mass is 749 g/mol. The molecule has 0 aliphatic carbocycles. The van der Waals surface area contributed by atoms with Crippen molar-refractivity contribution in [2.24, 2.45) is 0 Å². The topological polar surface area (TPSA) is 16.4 Å². The van der Waals surface area contributed by atoms with Crippen LogP contribution in [0.25, 0.3) is 95.3 Å². The number of hydrogen-bond donors (Lipinski definition) is 0. The predicted molar refractivity (Wildman–Crippen MR) is 243 cm³/mol. The Labute approximate surface area is 330 Å². The lowest BCUT2D eigenvalue weighted by molar-refractivity contribution is 0.673. The van der Waals surface area contributed by atoms with Gasteiger partial charge in [0.25, 0.3) is 0 Å². The minimum atomic E-state index is 0.872. The molecule has 0 amide bonds. The molecule has 0 saturated carbocycles. The predicted octanol–water partition coefficient (Wildman–Crippen LogP) is 16.3. The first-order valence-corrected chi connectivity index (χ1v) is 20.5. The van der Waals surface area contributed by atoms with Crippen molar-refractivity contribution in [1.29, 1.82) is 0 Å². The molecule has 0 saturated heterocycles. The Morgan fingerprint density at radius 1 is 0.393 bits per heavy atom. The molecule has 12 rings (SSSR count). The van der Waals surface area contributed by atoms with Gasteiger partial charge in [-0.2, -0.15) is 0 Å². The average Bonchev–Trinajstić information content (AvgIpc) is 3.96. The van der Waals surface area contributed by atoms with E-state index in [1.807, 2.05) is 22.7 Å². The van der Waals surface area contributed by atoms with Crippen LogP contribution in [0.15, 0.2) is 192 Å². The molecule has 0 bridgehead atoms. The number of nitrogens with zero attached hydrogens (tertiary/aromatic N) is 1. The summed E-state index contributed by atoms with van der Waals surface area (Å²) >= 11 is 3.73. The zero-order valence-electron chi connectivity index (χ0n) is 30.1. The smallest absolute Gasteiger partial charge is 0.143 e. The van der Waals surface area contributed by atoms with Crippen molar-refractivity contribution in [2.75, 3.05) is 4.90 Å². The zero-order chi connectivity index (χ0) is 36.7. The lowest BCUT2D eigenvalue weighted by atomic mass is 9.95. The van der Waals surface area contributed by atoms with Gasteiger partial charge in [0.1, 0.15) is 11.2 Å². The number of benzene rings is 9. The van der Waals surface area contributed by atoms with Crippen LogP contribution in [0.1, 0.15) is 0 Å². The molecule has 0 atom stereocenters. The van der Waals surface area contributed by atoms with Crippen molar-refractivity contribution in [1.82, 2.24) is 0 Å². The van der Waals surface area contributed by atoms with Crippen LogP contribution in [0.4, 0.5) is 17.1 Å². The summed E-state index contributed by atoms with van der Waals surface area (Å²) in [6.45, 7) is 0. The number of anilines is 3. The Balaban J connectivity index is 1.18. The van der Waals surface area contributed by atoms with Crippen molar-refractivity contribution in [2.45, 2.75) is 0 Å². The molecular formula is C52H31NOS2. The third-order valence-corrected chi connectivity index (χ3v) is 13.7. The average molecular weight is 750 g/mol. The SMILES string of the molecule is c1ccc(-c2ccc(N(c3cc(-c4cccc5c4sc4ccccc45)c4c(c3)oc3c5ccccc5ccc34)c3cccc4c3sc3ccccc34)cc2)cc1.